The van der Waals surface area contributed by atoms with Crippen LogP contribution >= 0.6 is 0 Å². The predicted molar refractivity (Wildman–Crippen MR) is 77.7 cm³/mol. The number of aromatic nitrogens is 3. The summed E-state index contributed by atoms with van der Waals surface area (Å²) in [6, 6.07) is 7.11. The van der Waals surface area contributed by atoms with Gasteiger partial charge in [-0.3, -0.25) is 9.89 Å². The average Bonchev–Trinajstić information content (AvgIpc) is 3.02. The summed E-state index contributed by atoms with van der Waals surface area (Å²) < 4.78 is 5.47. The number of nitrogens with zero attached hydrogens (tertiary/aromatic N) is 2. The highest BCUT2D eigenvalue weighted by molar-refractivity contribution is 5.95. The van der Waals surface area contributed by atoms with E-state index in [1.807, 2.05) is 31.2 Å². The van der Waals surface area contributed by atoms with Crippen molar-refractivity contribution in [1.29, 1.82) is 0 Å². The molecule has 0 radical (unpaired) electrons. The van der Waals surface area contributed by atoms with Gasteiger partial charge in [0.1, 0.15) is 12.4 Å². The number of morpholine rings is 1. The fraction of sp³-hybridized carbons (Fsp3) is 0.357. The Morgan fingerprint density at radius 1 is 1.38 bits per heavy atom. The number of nitrogens with one attached hydrogen (secondary N) is 3. The monoisotopic (exact) mass is 287 g/mol. The standard InChI is InChI=1S/C14H17N5O2/c1-9-12(15-6-7-21-9)14(20)18-11-4-2-10(3-5-11)13-16-8-17-19-13/h2-5,8-9,12,15H,6-7H2,1H3,(H,18,20)(H,16,17,19)/t9-,12+/m1/s1. The molecule has 3 N–H and O–H groups in total. The molecule has 1 aliphatic rings. The summed E-state index contributed by atoms with van der Waals surface area (Å²) in [4.78, 5) is 16.3. The molecule has 0 spiro atoms. The molecule has 1 fully saturated rings. The van der Waals surface area contributed by atoms with Crippen LogP contribution in [0.25, 0.3) is 11.4 Å². The minimum absolute atomic E-state index is 0.0883. The first-order valence-corrected chi connectivity index (χ1v) is 6.86. The zero-order chi connectivity index (χ0) is 14.7. The van der Waals surface area contributed by atoms with Crippen molar-refractivity contribution < 1.29 is 9.53 Å². The lowest BCUT2D eigenvalue weighted by atomic mass is 10.1. The molecule has 2 aromatic rings. The topological polar surface area (TPSA) is 91.9 Å². The molecule has 21 heavy (non-hydrogen) atoms. The number of carbonyl (C=O) groups is 1. The van der Waals surface area contributed by atoms with Gasteiger partial charge in [0.25, 0.3) is 0 Å². The summed E-state index contributed by atoms with van der Waals surface area (Å²) in [7, 11) is 0. The second-order valence-corrected chi connectivity index (χ2v) is 4.91. The van der Waals surface area contributed by atoms with Gasteiger partial charge in [-0.1, -0.05) is 0 Å². The maximum atomic E-state index is 12.2. The van der Waals surface area contributed by atoms with E-state index in [2.05, 4.69) is 25.8 Å². The van der Waals surface area contributed by atoms with E-state index in [4.69, 9.17) is 4.74 Å². The summed E-state index contributed by atoms with van der Waals surface area (Å²) in [5.41, 5.74) is 1.65. The molecule has 0 aliphatic carbocycles. The molecule has 0 unspecified atom stereocenters. The number of aromatic amines is 1. The van der Waals surface area contributed by atoms with Crippen LogP contribution in [0.1, 0.15) is 6.92 Å². The lowest BCUT2D eigenvalue weighted by Gasteiger charge is -2.29. The van der Waals surface area contributed by atoms with Gasteiger partial charge in [0.2, 0.25) is 5.91 Å². The minimum Gasteiger partial charge on any atom is -0.375 e. The molecular weight excluding hydrogens is 270 g/mol. The third-order valence-electron chi connectivity index (χ3n) is 3.44. The Hall–Kier alpha value is -2.25. The van der Waals surface area contributed by atoms with Crippen LogP contribution in [0.15, 0.2) is 30.6 Å². The van der Waals surface area contributed by atoms with Crippen LogP contribution in [0.4, 0.5) is 5.69 Å². The van der Waals surface area contributed by atoms with Crippen LogP contribution in [-0.4, -0.2) is 46.4 Å². The second-order valence-electron chi connectivity index (χ2n) is 4.91. The number of benzene rings is 1. The highest BCUT2D eigenvalue weighted by Crippen LogP contribution is 2.17. The first-order valence-electron chi connectivity index (χ1n) is 6.86. The summed E-state index contributed by atoms with van der Waals surface area (Å²) in [6.45, 7) is 3.22. The van der Waals surface area contributed by atoms with Gasteiger partial charge in [0.05, 0.1) is 12.7 Å². The van der Waals surface area contributed by atoms with Gasteiger partial charge in [0.15, 0.2) is 5.82 Å². The molecule has 1 aromatic carbocycles. The van der Waals surface area contributed by atoms with Crippen molar-refractivity contribution in [3.8, 4) is 11.4 Å². The lowest BCUT2D eigenvalue weighted by molar-refractivity contribution is -0.123. The quantitative estimate of drug-likeness (QED) is 0.776. The summed E-state index contributed by atoms with van der Waals surface area (Å²) >= 11 is 0. The van der Waals surface area contributed by atoms with E-state index in [9.17, 15) is 4.79 Å². The largest absolute Gasteiger partial charge is 0.375 e. The van der Waals surface area contributed by atoms with Crippen molar-refractivity contribution in [3.63, 3.8) is 0 Å². The number of H-pyrrole nitrogens is 1. The normalized spacial score (nSPS) is 22.0. The van der Waals surface area contributed by atoms with E-state index in [1.54, 1.807) is 0 Å². The number of carbonyl (C=O) groups excluding carboxylic acids is 1. The smallest absolute Gasteiger partial charge is 0.244 e. The Balaban J connectivity index is 1.66. The van der Waals surface area contributed by atoms with Crippen LogP contribution in [0.3, 0.4) is 0 Å². The Morgan fingerprint density at radius 3 is 2.86 bits per heavy atom. The van der Waals surface area contributed by atoms with E-state index in [0.717, 1.165) is 11.3 Å². The highest BCUT2D eigenvalue weighted by atomic mass is 16.5. The molecule has 1 aliphatic heterocycles. The van der Waals surface area contributed by atoms with Gasteiger partial charge < -0.3 is 15.4 Å². The maximum absolute atomic E-state index is 12.2. The van der Waals surface area contributed by atoms with Gasteiger partial charge in [-0.05, 0) is 31.2 Å². The second kappa shape index (κ2) is 6.02. The predicted octanol–water partition coefficient (Wildman–Crippen LogP) is 0.787. The van der Waals surface area contributed by atoms with E-state index in [-0.39, 0.29) is 18.1 Å². The average molecular weight is 287 g/mol. The first-order chi connectivity index (χ1) is 10.2. The van der Waals surface area contributed by atoms with Crippen LogP contribution in [0.2, 0.25) is 0 Å². The summed E-state index contributed by atoms with van der Waals surface area (Å²) in [6.07, 6.45) is 1.33. The SMILES string of the molecule is C[C@H]1OCCN[C@@H]1C(=O)Nc1ccc(-c2ncn[nH]2)cc1. The zero-order valence-electron chi connectivity index (χ0n) is 11.7. The molecule has 7 heteroatoms. The Bertz CT molecular complexity index is 596. The minimum atomic E-state index is -0.326. The van der Waals surface area contributed by atoms with Crippen LogP contribution in [0, 0.1) is 0 Å². The first kappa shape index (κ1) is 13.7. The van der Waals surface area contributed by atoms with Crippen molar-refractivity contribution in [2.75, 3.05) is 18.5 Å². The Kier molecular flexibility index (Phi) is 3.94. The summed E-state index contributed by atoms with van der Waals surface area (Å²) in [5, 5.41) is 12.7. The molecule has 0 bridgehead atoms. The summed E-state index contributed by atoms with van der Waals surface area (Å²) in [5.74, 6) is 0.610. The van der Waals surface area contributed by atoms with Crippen LogP contribution in [-0.2, 0) is 9.53 Å². The van der Waals surface area contributed by atoms with Crippen molar-refractivity contribution in [3.05, 3.63) is 30.6 Å². The molecule has 1 amide bonds. The van der Waals surface area contributed by atoms with Crippen molar-refractivity contribution >= 4 is 11.6 Å². The molecule has 110 valence electrons. The van der Waals surface area contributed by atoms with Crippen molar-refractivity contribution in [2.45, 2.75) is 19.1 Å². The Morgan fingerprint density at radius 2 is 2.19 bits per heavy atom. The third kappa shape index (κ3) is 3.09. The number of anilines is 1. The van der Waals surface area contributed by atoms with Crippen molar-refractivity contribution in [1.82, 2.24) is 20.5 Å². The van der Waals surface area contributed by atoms with Crippen LogP contribution in [0.5, 0.6) is 0 Å². The Labute approximate surface area is 122 Å². The zero-order valence-corrected chi connectivity index (χ0v) is 11.7. The fourth-order valence-electron chi connectivity index (χ4n) is 2.30. The van der Waals surface area contributed by atoms with E-state index >= 15 is 0 Å². The fourth-order valence-corrected chi connectivity index (χ4v) is 2.30. The molecule has 0 saturated carbocycles. The number of amides is 1. The van der Waals surface area contributed by atoms with E-state index < -0.39 is 0 Å². The van der Waals surface area contributed by atoms with E-state index in [0.29, 0.717) is 19.0 Å². The number of rotatable bonds is 3. The number of ether oxygens (including phenoxy) is 1. The molecular formula is C14H17N5O2. The van der Waals surface area contributed by atoms with Gasteiger partial charge in [0, 0.05) is 17.8 Å². The number of hydrogen-bond donors (Lipinski definition) is 3. The van der Waals surface area contributed by atoms with E-state index in [1.165, 1.54) is 6.33 Å². The van der Waals surface area contributed by atoms with Crippen LogP contribution < -0.4 is 10.6 Å². The van der Waals surface area contributed by atoms with Gasteiger partial charge >= 0.3 is 0 Å². The molecule has 1 saturated heterocycles. The third-order valence-corrected chi connectivity index (χ3v) is 3.44. The molecule has 1 aromatic heterocycles. The van der Waals surface area contributed by atoms with Crippen molar-refractivity contribution in [2.24, 2.45) is 0 Å². The molecule has 2 atom stereocenters. The number of hydrogen-bond acceptors (Lipinski definition) is 5. The maximum Gasteiger partial charge on any atom is 0.244 e. The van der Waals surface area contributed by atoms with Gasteiger partial charge in [-0.15, -0.1) is 0 Å². The highest BCUT2D eigenvalue weighted by Gasteiger charge is 2.28. The molecule has 7 nitrogen and oxygen atoms in total. The lowest BCUT2D eigenvalue weighted by Crippen LogP contribution is -2.53. The molecule has 2 heterocycles. The van der Waals surface area contributed by atoms with Gasteiger partial charge in [-0.2, -0.15) is 5.10 Å². The molecule has 3 rings (SSSR count). The van der Waals surface area contributed by atoms with Gasteiger partial charge in [-0.25, -0.2) is 4.98 Å².